The Morgan fingerprint density at radius 2 is 0.429 bits per heavy atom. The van der Waals surface area contributed by atoms with Crippen molar-refractivity contribution in [3.63, 3.8) is 0 Å². The SMILES string of the molecule is O=S1c2cc(S(=O)(=O)O)cc(c2[O-])S(=O)c2cc(S(=O)(=O)O)cc(c2[O-])S(=O)c2cc(S(=O)(=O)O)cc(c2[O-])S(=O)c2cc(S(=O)(=O)O)cc1c2[O-].[Na+].[Na+].[Na+].[Na+]. The van der Waals surface area contributed by atoms with Crippen molar-refractivity contribution in [2.45, 2.75) is 58.7 Å². The van der Waals surface area contributed by atoms with E-state index in [0.717, 1.165) is 0 Å². The standard InChI is InChI=1S/C24H16O20S8.4Na/c25-21-13-1-9(49(33,34)35)2-14(21)46(30)17-5-11(51(39,40)41)6-18(23(17)27)48(32)20-8-12(52(42,43)44)7-19(24(20)28)47(31)16-4-10(50(36,37)38)3-15(22(16)26)45(13)29;;;;/h1-8,25-28H,(H,33,34,35)(H,36,37,38)(H,39,40,41)(H,42,43,44);;;;/q;4*+1/p-4. The third-order valence-corrected chi connectivity index (χ3v) is 15.7. The van der Waals surface area contributed by atoms with Crippen molar-refractivity contribution in [3.8, 4) is 23.0 Å². The summed E-state index contributed by atoms with van der Waals surface area (Å²) in [4.78, 5) is -17.0. The molecule has 0 spiro atoms. The molecule has 0 atom stereocenters. The van der Waals surface area contributed by atoms with Crippen LogP contribution in [0, 0.1) is 0 Å². The average molecular weight is 969 g/mol. The van der Waals surface area contributed by atoms with E-state index in [2.05, 4.69) is 0 Å². The van der Waals surface area contributed by atoms with Crippen molar-refractivity contribution < 1.29 is 207 Å². The van der Waals surface area contributed by atoms with Crippen molar-refractivity contribution in [2.75, 3.05) is 0 Å². The van der Waals surface area contributed by atoms with Crippen molar-refractivity contribution in [2.24, 2.45) is 0 Å². The molecule has 56 heavy (non-hydrogen) atoms. The van der Waals surface area contributed by atoms with Gasteiger partial charge in [0.2, 0.25) is 0 Å². The summed E-state index contributed by atoms with van der Waals surface area (Å²) in [5, 5.41) is 54.5. The number of hydrogen-bond donors (Lipinski definition) is 4. The van der Waals surface area contributed by atoms with E-state index >= 15 is 0 Å². The predicted molar refractivity (Wildman–Crippen MR) is 162 cm³/mol. The molecule has 0 aromatic heterocycles. The molecule has 4 aromatic rings. The summed E-state index contributed by atoms with van der Waals surface area (Å²) in [6, 6.07) is 1.10. The second-order valence-corrected chi connectivity index (χ2v) is 21.3. The Morgan fingerprint density at radius 3 is 0.518 bits per heavy atom. The van der Waals surface area contributed by atoms with Gasteiger partial charge in [0.05, 0.1) is 62.8 Å². The fourth-order valence-electron chi connectivity index (χ4n) is 4.38. The van der Waals surface area contributed by atoms with Gasteiger partial charge in [-0.2, -0.15) is 33.7 Å². The zero-order chi connectivity index (χ0) is 39.2. The Kier molecular flexibility index (Phi) is 18.6. The van der Waals surface area contributed by atoms with Gasteiger partial charge >= 0.3 is 118 Å². The van der Waals surface area contributed by atoms with Crippen LogP contribution in [0.3, 0.4) is 0 Å². The predicted octanol–water partition coefficient (Wildman–Crippen LogP) is -14.0. The molecule has 280 valence electrons. The Morgan fingerprint density at radius 1 is 0.321 bits per heavy atom. The summed E-state index contributed by atoms with van der Waals surface area (Å²) in [5.41, 5.74) is 0. The van der Waals surface area contributed by atoms with Gasteiger partial charge in [0.15, 0.2) is 0 Å². The first-order valence-electron chi connectivity index (χ1n) is 12.6. The maximum absolute atomic E-state index is 13.9. The first-order valence-corrected chi connectivity index (χ1v) is 23.0. The van der Waals surface area contributed by atoms with Gasteiger partial charge < -0.3 is 20.4 Å². The van der Waals surface area contributed by atoms with Crippen molar-refractivity contribution in [3.05, 3.63) is 48.5 Å². The molecule has 1 heterocycles. The molecule has 0 saturated carbocycles. The number of hydrogen-bond acceptors (Lipinski definition) is 16. The maximum atomic E-state index is 13.9. The second-order valence-electron chi connectivity index (χ2n) is 9.97. The largest absolute Gasteiger partial charge is 1.00 e. The van der Waals surface area contributed by atoms with Crippen LogP contribution in [0.4, 0.5) is 0 Å². The Hall–Kier alpha value is 0.320. The molecule has 0 amide bonds. The Balaban J connectivity index is 0.00000392. The van der Waals surface area contributed by atoms with Crippen LogP contribution in [0.15, 0.2) is 107 Å². The topological polar surface area (TPSA) is 378 Å². The average Bonchev–Trinajstić information content (AvgIpc) is 3.01. The fraction of sp³-hybridized carbons (Fsp3) is 0. The zero-order valence-corrected chi connectivity index (χ0v) is 42.7. The van der Waals surface area contributed by atoms with Gasteiger partial charge in [0.25, 0.3) is 40.5 Å². The smallest absolute Gasteiger partial charge is 0.871 e. The maximum Gasteiger partial charge on any atom is 1.00 e. The van der Waals surface area contributed by atoms with E-state index in [1.54, 1.807) is 0 Å². The summed E-state index contributed by atoms with van der Waals surface area (Å²) in [5.74, 6) is -7.11. The number of benzene rings is 4. The van der Waals surface area contributed by atoms with Gasteiger partial charge in [0, 0.05) is 39.2 Å². The first-order chi connectivity index (χ1) is 23.6. The molecule has 0 radical (unpaired) electrons. The minimum Gasteiger partial charge on any atom is -0.871 e. The van der Waals surface area contributed by atoms with E-state index in [1.807, 2.05) is 0 Å². The van der Waals surface area contributed by atoms with Gasteiger partial charge in [-0.3, -0.25) is 18.2 Å². The minimum absolute atomic E-state index is 0. The molecule has 1 aliphatic heterocycles. The van der Waals surface area contributed by atoms with Crippen molar-refractivity contribution >= 4 is 83.7 Å². The summed E-state index contributed by atoms with van der Waals surface area (Å²) >= 11 is 0. The number of fused-ring (bicyclic) bond motifs is 8. The van der Waals surface area contributed by atoms with Crippen LogP contribution >= 0.6 is 0 Å². The van der Waals surface area contributed by atoms with Gasteiger partial charge in [-0.25, -0.2) is 16.8 Å². The molecule has 1 aliphatic rings. The van der Waals surface area contributed by atoms with Crippen LogP contribution in [-0.2, 0) is 83.7 Å². The van der Waals surface area contributed by atoms with E-state index in [1.165, 1.54) is 0 Å². The molecular formula is C24H12Na4O20S8. The monoisotopic (exact) mass is 968 g/mol. The Bertz CT molecular complexity index is 2370. The van der Waals surface area contributed by atoms with E-state index < -0.39 is 165 Å². The molecule has 20 nitrogen and oxygen atoms in total. The molecule has 8 bridgehead atoms. The third kappa shape index (κ3) is 10.7. The third-order valence-electron chi connectivity index (χ3n) is 6.77. The van der Waals surface area contributed by atoms with Crippen LogP contribution in [0.2, 0.25) is 0 Å². The summed E-state index contributed by atoms with van der Waals surface area (Å²) in [6.45, 7) is 0. The van der Waals surface area contributed by atoms with E-state index in [-0.39, 0.29) is 167 Å². The fourth-order valence-corrected chi connectivity index (χ4v) is 12.4. The van der Waals surface area contributed by atoms with Gasteiger partial charge in [-0.1, -0.05) is 23.0 Å². The molecule has 5 rings (SSSR count). The van der Waals surface area contributed by atoms with Gasteiger partial charge in [0.1, 0.15) is 0 Å². The van der Waals surface area contributed by atoms with Gasteiger partial charge in [-0.15, -0.1) is 0 Å². The zero-order valence-electron chi connectivity index (χ0n) is 28.2. The molecule has 0 saturated heterocycles. The quantitative estimate of drug-likeness (QED) is 0.0959. The summed E-state index contributed by atoms with van der Waals surface area (Å²) in [7, 11) is -36.0. The summed E-state index contributed by atoms with van der Waals surface area (Å²) in [6.07, 6.45) is 0. The van der Waals surface area contributed by atoms with E-state index in [4.69, 9.17) is 0 Å². The van der Waals surface area contributed by atoms with Crippen LogP contribution < -0.4 is 139 Å². The van der Waals surface area contributed by atoms with Crippen molar-refractivity contribution in [1.29, 1.82) is 0 Å². The normalized spacial score (nSPS) is 18.2. The minimum atomic E-state index is -5.51. The molecule has 4 N–H and O–H groups in total. The molecular weight excluding hydrogens is 957 g/mol. The van der Waals surface area contributed by atoms with Crippen LogP contribution in [0.25, 0.3) is 0 Å². The van der Waals surface area contributed by atoms with Gasteiger partial charge in [-0.05, 0) is 48.5 Å². The molecule has 32 heteroatoms. The molecule has 4 aromatic carbocycles. The molecule has 0 fully saturated rings. The molecule has 0 aliphatic carbocycles. The summed E-state index contributed by atoms with van der Waals surface area (Å²) < 4.78 is 192. The molecule has 0 unspecified atom stereocenters. The van der Waals surface area contributed by atoms with E-state index in [9.17, 15) is 89.1 Å². The van der Waals surface area contributed by atoms with Crippen LogP contribution in [-0.4, -0.2) is 68.7 Å². The first kappa shape index (κ1) is 54.3. The van der Waals surface area contributed by atoms with E-state index in [0.29, 0.717) is 0 Å². The van der Waals surface area contributed by atoms with Crippen LogP contribution in [0.1, 0.15) is 0 Å². The Labute approximate surface area is 414 Å². The van der Waals surface area contributed by atoms with Crippen LogP contribution in [0.5, 0.6) is 23.0 Å². The second kappa shape index (κ2) is 19.2. The van der Waals surface area contributed by atoms with Crippen molar-refractivity contribution in [1.82, 2.24) is 0 Å². The number of rotatable bonds is 4.